The van der Waals surface area contributed by atoms with Crippen LogP contribution in [0, 0.1) is 12.7 Å². The first kappa shape index (κ1) is 10.4. The fraction of sp³-hybridized carbons (Fsp3) is 0.500. The van der Waals surface area contributed by atoms with Crippen LogP contribution in [0.1, 0.15) is 24.0 Å². The van der Waals surface area contributed by atoms with Gasteiger partial charge < -0.3 is 10.4 Å². The molecule has 0 amide bonds. The molecule has 0 aromatic heterocycles. The highest BCUT2D eigenvalue weighted by molar-refractivity contribution is 5.36. The van der Waals surface area contributed by atoms with Crippen LogP contribution < -0.4 is 5.32 Å². The molecule has 2 N–H and O–H groups in total. The van der Waals surface area contributed by atoms with Crippen molar-refractivity contribution in [3.8, 4) is 5.75 Å². The van der Waals surface area contributed by atoms with Crippen molar-refractivity contribution in [2.45, 2.75) is 32.2 Å². The van der Waals surface area contributed by atoms with Crippen LogP contribution >= 0.6 is 0 Å². The second kappa shape index (κ2) is 4.19. The summed E-state index contributed by atoms with van der Waals surface area (Å²) in [7, 11) is 0. The Balaban J connectivity index is 2.16. The minimum Gasteiger partial charge on any atom is -0.505 e. The van der Waals surface area contributed by atoms with Gasteiger partial charge in [-0.05, 0) is 56.0 Å². The van der Waals surface area contributed by atoms with Crippen molar-refractivity contribution in [2.75, 3.05) is 6.54 Å². The van der Waals surface area contributed by atoms with E-state index in [0.717, 1.165) is 30.5 Å². The molecular formula is C12H16FNO. The molecule has 1 atom stereocenters. The fourth-order valence-corrected chi connectivity index (χ4v) is 2.12. The van der Waals surface area contributed by atoms with Gasteiger partial charge in [0, 0.05) is 6.04 Å². The Morgan fingerprint density at radius 3 is 3.00 bits per heavy atom. The summed E-state index contributed by atoms with van der Waals surface area (Å²) in [6.07, 6.45) is 3.24. The Labute approximate surface area is 89.1 Å². The Hall–Kier alpha value is -1.09. The fourth-order valence-electron chi connectivity index (χ4n) is 2.12. The highest BCUT2D eigenvalue weighted by atomic mass is 19.1. The quantitative estimate of drug-likeness (QED) is 0.782. The zero-order valence-corrected chi connectivity index (χ0v) is 8.89. The highest BCUT2D eigenvalue weighted by Crippen LogP contribution is 2.23. The molecule has 1 heterocycles. The molecule has 0 radical (unpaired) electrons. The normalized spacial score (nSPS) is 20.8. The second-order valence-corrected chi connectivity index (χ2v) is 4.23. The first-order valence-electron chi connectivity index (χ1n) is 5.38. The zero-order valence-electron chi connectivity index (χ0n) is 8.89. The van der Waals surface area contributed by atoms with Gasteiger partial charge in [-0.15, -0.1) is 0 Å². The predicted octanol–water partition coefficient (Wildman–Crippen LogP) is 2.13. The van der Waals surface area contributed by atoms with E-state index in [-0.39, 0.29) is 5.75 Å². The van der Waals surface area contributed by atoms with E-state index in [4.69, 9.17) is 0 Å². The average molecular weight is 209 g/mol. The minimum atomic E-state index is -0.532. The van der Waals surface area contributed by atoms with Gasteiger partial charge in [-0.3, -0.25) is 0 Å². The van der Waals surface area contributed by atoms with Crippen molar-refractivity contribution < 1.29 is 9.50 Å². The molecule has 1 unspecified atom stereocenters. The van der Waals surface area contributed by atoms with E-state index in [2.05, 4.69) is 5.32 Å². The summed E-state index contributed by atoms with van der Waals surface area (Å²) in [4.78, 5) is 0. The average Bonchev–Trinajstić information content (AvgIpc) is 2.67. The SMILES string of the molecule is Cc1cc(F)c(O)cc1CC1CCCN1. The lowest BCUT2D eigenvalue weighted by atomic mass is 10.00. The van der Waals surface area contributed by atoms with Gasteiger partial charge in [0.05, 0.1) is 0 Å². The van der Waals surface area contributed by atoms with E-state index in [1.165, 1.54) is 12.5 Å². The summed E-state index contributed by atoms with van der Waals surface area (Å²) >= 11 is 0. The molecule has 0 bridgehead atoms. The van der Waals surface area contributed by atoms with E-state index in [0.29, 0.717) is 6.04 Å². The van der Waals surface area contributed by atoms with Gasteiger partial charge in [0.1, 0.15) is 0 Å². The summed E-state index contributed by atoms with van der Waals surface area (Å²) in [5.74, 6) is -0.774. The summed E-state index contributed by atoms with van der Waals surface area (Å²) < 4.78 is 13.0. The Bertz CT molecular complexity index is 359. The van der Waals surface area contributed by atoms with E-state index < -0.39 is 5.82 Å². The monoisotopic (exact) mass is 209 g/mol. The number of halogens is 1. The van der Waals surface area contributed by atoms with Gasteiger partial charge in [0.15, 0.2) is 11.6 Å². The van der Waals surface area contributed by atoms with Gasteiger partial charge in [-0.25, -0.2) is 4.39 Å². The number of aromatic hydroxyl groups is 1. The van der Waals surface area contributed by atoms with Gasteiger partial charge >= 0.3 is 0 Å². The summed E-state index contributed by atoms with van der Waals surface area (Å²) in [6.45, 7) is 2.95. The first-order valence-corrected chi connectivity index (χ1v) is 5.38. The zero-order chi connectivity index (χ0) is 10.8. The number of hydrogen-bond donors (Lipinski definition) is 2. The van der Waals surface area contributed by atoms with Gasteiger partial charge in [0.2, 0.25) is 0 Å². The molecule has 1 aromatic carbocycles. The minimum absolute atomic E-state index is 0.242. The molecule has 1 aromatic rings. The molecule has 1 aliphatic rings. The Morgan fingerprint density at radius 2 is 2.33 bits per heavy atom. The topological polar surface area (TPSA) is 32.3 Å². The lowest BCUT2D eigenvalue weighted by Crippen LogP contribution is -2.23. The van der Waals surface area contributed by atoms with Crippen LogP contribution in [-0.2, 0) is 6.42 Å². The van der Waals surface area contributed by atoms with E-state index in [1.807, 2.05) is 6.92 Å². The number of phenols is 1. The maximum atomic E-state index is 13.0. The van der Waals surface area contributed by atoms with Crippen LogP contribution in [0.3, 0.4) is 0 Å². The van der Waals surface area contributed by atoms with Crippen molar-refractivity contribution in [3.05, 3.63) is 29.1 Å². The van der Waals surface area contributed by atoms with E-state index in [1.54, 1.807) is 6.07 Å². The molecule has 0 aliphatic carbocycles. The highest BCUT2D eigenvalue weighted by Gasteiger charge is 2.16. The number of phenolic OH excluding ortho intramolecular Hbond substituents is 1. The number of nitrogens with one attached hydrogen (secondary N) is 1. The molecular weight excluding hydrogens is 193 g/mol. The molecule has 1 saturated heterocycles. The predicted molar refractivity (Wildman–Crippen MR) is 57.5 cm³/mol. The molecule has 15 heavy (non-hydrogen) atoms. The van der Waals surface area contributed by atoms with Gasteiger partial charge in [0.25, 0.3) is 0 Å². The second-order valence-electron chi connectivity index (χ2n) is 4.23. The molecule has 0 spiro atoms. The summed E-state index contributed by atoms with van der Waals surface area (Å²) in [6, 6.07) is 3.43. The van der Waals surface area contributed by atoms with Crippen molar-refractivity contribution in [1.82, 2.24) is 5.32 Å². The molecule has 82 valence electrons. The van der Waals surface area contributed by atoms with E-state index in [9.17, 15) is 9.50 Å². The number of benzene rings is 1. The van der Waals surface area contributed by atoms with Crippen molar-refractivity contribution in [1.29, 1.82) is 0 Å². The molecule has 0 saturated carbocycles. The smallest absolute Gasteiger partial charge is 0.165 e. The van der Waals surface area contributed by atoms with Crippen LogP contribution in [0.5, 0.6) is 5.75 Å². The van der Waals surface area contributed by atoms with Crippen LogP contribution in [0.25, 0.3) is 0 Å². The van der Waals surface area contributed by atoms with Crippen LogP contribution in [0.2, 0.25) is 0 Å². The maximum Gasteiger partial charge on any atom is 0.165 e. The Morgan fingerprint density at radius 1 is 1.53 bits per heavy atom. The van der Waals surface area contributed by atoms with Crippen LogP contribution in [0.4, 0.5) is 4.39 Å². The van der Waals surface area contributed by atoms with Crippen molar-refractivity contribution in [3.63, 3.8) is 0 Å². The van der Waals surface area contributed by atoms with Crippen molar-refractivity contribution >= 4 is 0 Å². The third-order valence-electron chi connectivity index (χ3n) is 3.03. The molecule has 2 nitrogen and oxygen atoms in total. The molecule has 2 rings (SSSR count). The van der Waals surface area contributed by atoms with E-state index >= 15 is 0 Å². The molecule has 3 heteroatoms. The third kappa shape index (κ3) is 2.29. The first-order chi connectivity index (χ1) is 7.16. The maximum absolute atomic E-state index is 13.0. The number of hydrogen-bond acceptors (Lipinski definition) is 2. The number of rotatable bonds is 2. The number of aryl methyl sites for hydroxylation is 1. The van der Waals surface area contributed by atoms with Gasteiger partial charge in [-0.2, -0.15) is 0 Å². The molecule has 1 aliphatic heterocycles. The van der Waals surface area contributed by atoms with Crippen molar-refractivity contribution in [2.24, 2.45) is 0 Å². The third-order valence-corrected chi connectivity index (χ3v) is 3.03. The van der Waals surface area contributed by atoms with Crippen LogP contribution in [0.15, 0.2) is 12.1 Å². The summed E-state index contributed by atoms with van der Waals surface area (Å²) in [5.41, 5.74) is 1.95. The lowest BCUT2D eigenvalue weighted by Gasteiger charge is -2.12. The van der Waals surface area contributed by atoms with Crippen LogP contribution in [-0.4, -0.2) is 17.7 Å². The van der Waals surface area contributed by atoms with Gasteiger partial charge in [-0.1, -0.05) is 0 Å². The lowest BCUT2D eigenvalue weighted by molar-refractivity contribution is 0.430. The largest absolute Gasteiger partial charge is 0.505 e. The summed E-state index contributed by atoms with van der Waals surface area (Å²) in [5, 5.41) is 12.7. The molecule has 1 fully saturated rings. The Kier molecular flexibility index (Phi) is 2.91. The standard InChI is InChI=1S/C12H16FNO/c1-8-5-11(13)12(15)7-9(8)6-10-3-2-4-14-10/h5,7,10,14-15H,2-4,6H2,1H3.